The lowest BCUT2D eigenvalue weighted by Crippen LogP contribution is -1.99. The Bertz CT molecular complexity index is 591. The van der Waals surface area contributed by atoms with Gasteiger partial charge in [0.2, 0.25) is 5.16 Å². The molecule has 1 heterocycles. The van der Waals surface area contributed by atoms with E-state index < -0.39 is 5.97 Å². The first kappa shape index (κ1) is 12.7. The summed E-state index contributed by atoms with van der Waals surface area (Å²) in [5.41, 5.74) is 6.11. The molecule has 0 aliphatic carbocycles. The number of hydrogen-bond acceptors (Lipinski definition) is 5. The number of nitrogens with zero attached hydrogens (tertiary/aromatic N) is 2. The van der Waals surface area contributed by atoms with Gasteiger partial charge in [0.15, 0.2) is 0 Å². The van der Waals surface area contributed by atoms with Crippen molar-refractivity contribution in [2.45, 2.75) is 17.0 Å². The minimum Gasteiger partial charge on any atom is -0.478 e. The number of aromatic amines is 1. The summed E-state index contributed by atoms with van der Waals surface area (Å²) in [4.78, 5) is 15.5. The van der Waals surface area contributed by atoms with Crippen molar-refractivity contribution in [1.82, 2.24) is 15.2 Å². The number of carboxylic acids is 1. The number of hydrogen-bond donors (Lipinski definition) is 3. The molecule has 0 amide bonds. The van der Waals surface area contributed by atoms with Gasteiger partial charge in [0.25, 0.3) is 0 Å². The minimum absolute atomic E-state index is 0.0491. The van der Waals surface area contributed by atoms with Crippen LogP contribution in [0.1, 0.15) is 16.2 Å². The quantitative estimate of drug-likeness (QED) is 0.746. The Balaban J connectivity index is 2.37. The molecular formula is C10H9ClN4O2S. The third kappa shape index (κ3) is 2.57. The fraction of sp³-hybridized carbons (Fsp3) is 0.100. The van der Waals surface area contributed by atoms with E-state index >= 15 is 0 Å². The summed E-state index contributed by atoms with van der Waals surface area (Å²) in [5.74, 6) is -0.400. The van der Waals surface area contributed by atoms with E-state index in [1.54, 1.807) is 6.92 Å². The highest BCUT2D eigenvalue weighted by Crippen LogP contribution is 2.36. The highest BCUT2D eigenvalue weighted by Gasteiger charge is 2.14. The Morgan fingerprint density at radius 2 is 2.28 bits per heavy atom. The number of anilines is 1. The van der Waals surface area contributed by atoms with E-state index in [-0.39, 0.29) is 16.3 Å². The van der Waals surface area contributed by atoms with Gasteiger partial charge in [-0.1, -0.05) is 11.6 Å². The second kappa shape index (κ2) is 4.87. The SMILES string of the molecule is Cc1nc(Sc2c(N)cc(C(=O)O)cc2Cl)n[nH]1. The molecule has 8 heteroatoms. The van der Waals surface area contributed by atoms with E-state index in [4.69, 9.17) is 22.4 Å². The Morgan fingerprint density at radius 1 is 1.56 bits per heavy atom. The topological polar surface area (TPSA) is 105 Å². The Hall–Kier alpha value is -1.73. The number of H-pyrrole nitrogens is 1. The molecule has 2 rings (SSSR count). The number of halogens is 1. The van der Waals surface area contributed by atoms with Crippen LogP contribution >= 0.6 is 23.4 Å². The Labute approximate surface area is 112 Å². The number of carboxylic acid groups (broad SMARTS) is 1. The molecule has 0 spiro atoms. The second-order valence-electron chi connectivity index (χ2n) is 3.49. The van der Waals surface area contributed by atoms with Crippen molar-refractivity contribution in [3.63, 3.8) is 0 Å². The molecule has 4 N–H and O–H groups in total. The van der Waals surface area contributed by atoms with Crippen LogP contribution in [0.15, 0.2) is 22.2 Å². The number of benzene rings is 1. The highest BCUT2D eigenvalue weighted by atomic mass is 35.5. The molecule has 0 unspecified atom stereocenters. The minimum atomic E-state index is -1.08. The van der Waals surface area contributed by atoms with Gasteiger partial charge in [-0.05, 0) is 30.8 Å². The summed E-state index contributed by atoms with van der Waals surface area (Å²) in [5, 5.41) is 16.3. The molecule has 0 radical (unpaired) electrons. The summed E-state index contributed by atoms with van der Waals surface area (Å²) in [6.45, 7) is 1.77. The lowest BCUT2D eigenvalue weighted by atomic mass is 10.2. The number of carbonyl (C=O) groups is 1. The van der Waals surface area contributed by atoms with Gasteiger partial charge in [-0.2, -0.15) is 0 Å². The van der Waals surface area contributed by atoms with Crippen molar-refractivity contribution in [2.24, 2.45) is 0 Å². The van der Waals surface area contributed by atoms with Crippen molar-refractivity contribution in [2.75, 3.05) is 5.73 Å². The lowest BCUT2D eigenvalue weighted by molar-refractivity contribution is 0.0697. The van der Waals surface area contributed by atoms with Crippen LogP contribution in [0.25, 0.3) is 0 Å². The van der Waals surface area contributed by atoms with Gasteiger partial charge in [0, 0.05) is 5.69 Å². The number of rotatable bonds is 3. The summed E-state index contributed by atoms with van der Waals surface area (Å²) >= 11 is 7.18. The number of nitrogen functional groups attached to an aromatic ring is 1. The van der Waals surface area contributed by atoms with Crippen molar-refractivity contribution in [3.05, 3.63) is 28.5 Å². The zero-order chi connectivity index (χ0) is 13.3. The predicted octanol–water partition coefficient (Wildman–Crippen LogP) is 2.20. The molecule has 0 saturated carbocycles. The molecule has 0 atom stereocenters. The van der Waals surface area contributed by atoms with E-state index in [9.17, 15) is 4.79 Å². The molecule has 1 aromatic carbocycles. The molecular weight excluding hydrogens is 276 g/mol. The van der Waals surface area contributed by atoms with Crippen LogP contribution in [0, 0.1) is 6.92 Å². The largest absolute Gasteiger partial charge is 0.478 e. The zero-order valence-electron chi connectivity index (χ0n) is 9.27. The van der Waals surface area contributed by atoms with Crippen molar-refractivity contribution in [1.29, 1.82) is 0 Å². The summed E-state index contributed by atoms with van der Waals surface area (Å²) < 4.78 is 0. The van der Waals surface area contributed by atoms with Crippen molar-refractivity contribution < 1.29 is 9.90 Å². The van der Waals surface area contributed by atoms with Crippen molar-refractivity contribution in [3.8, 4) is 0 Å². The van der Waals surface area contributed by atoms with Crippen LogP contribution < -0.4 is 5.73 Å². The van der Waals surface area contributed by atoms with Crippen LogP contribution in [-0.2, 0) is 0 Å². The number of nitrogens with two attached hydrogens (primary N) is 1. The average molecular weight is 285 g/mol. The molecule has 94 valence electrons. The van der Waals surface area contributed by atoms with Crippen LogP contribution in [0.2, 0.25) is 5.02 Å². The molecule has 6 nitrogen and oxygen atoms in total. The molecule has 0 saturated heterocycles. The lowest BCUT2D eigenvalue weighted by Gasteiger charge is -2.06. The van der Waals surface area contributed by atoms with E-state index in [1.165, 1.54) is 23.9 Å². The van der Waals surface area contributed by atoms with E-state index in [0.717, 1.165) is 0 Å². The van der Waals surface area contributed by atoms with Crippen LogP contribution in [0.4, 0.5) is 5.69 Å². The first-order valence-corrected chi connectivity index (χ1v) is 6.06. The standard InChI is InChI=1S/C10H9ClN4O2S/c1-4-13-10(15-14-4)18-8-6(11)2-5(9(16)17)3-7(8)12/h2-3H,12H2,1H3,(H,16,17)(H,13,14,15). The fourth-order valence-corrected chi connectivity index (χ4v) is 2.44. The molecule has 0 aliphatic heterocycles. The molecule has 1 aromatic heterocycles. The molecule has 0 bridgehead atoms. The molecule has 2 aromatic rings. The van der Waals surface area contributed by atoms with Gasteiger partial charge < -0.3 is 10.8 Å². The maximum atomic E-state index is 10.8. The van der Waals surface area contributed by atoms with Gasteiger partial charge in [0.05, 0.1) is 15.5 Å². The monoisotopic (exact) mass is 284 g/mol. The van der Waals surface area contributed by atoms with Gasteiger partial charge in [0.1, 0.15) is 5.82 Å². The number of nitrogens with one attached hydrogen (secondary N) is 1. The van der Waals surface area contributed by atoms with Gasteiger partial charge in [-0.15, -0.1) is 5.10 Å². The molecule has 18 heavy (non-hydrogen) atoms. The first-order valence-electron chi connectivity index (χ1n) is 4.86. The first-order chi connectivity index (χ1) is 8.47. The molecule has 0 aliphatic rings. The van der Waals surface area contributed by atoms with Gasteiger partial charge in [-0.3, -0.25) is 5.10 Å². The third-order valence-electron chi connectivity index (χ3n) is 2.09. The van der Waals surface area contributed by atoms with E-state index in [2.05, 4.69) is 15.2 Å². The maximum absolute atomic E-state index is 10.8. The summed E-state index contributed by atoms with van der Waals surface area (Å²) in [6, 6.07) is 2.71. The van der Waals surface area contributed by atoms with E-state index in [0.29, 0.717) is 15.9 Å². The highest BCUT2D eigenvalue weighted by molar-refractivity contribution is 7.99. The van der Waals surface area contributed by atoms with Gasteiger partial charge in [-0.25, -0.2) is 9.78 Å². The van der Waals surface area contributed by atoms with Crippen molar-refractivity contribution >= 4 is 35.0 Å². The smallest absolute Gasteiger partial charge is 0.335 e. The van der Waals surface area contributed by atoms with Gasteiger partial charge >= 0.3 is 5.97 Å². The normalized spacial score (nSPS) is 10.6. The maximum Gasteiger partial charge on any atom is 0.335 e. The van der Waals surface area contributed by atoms with Crippen LogP contribution in [0.3, 0.4) is 0 Å². The molecule has 0 fully saturated rings. The third-order valence-corrected chi connectivity index (χ3v) is 3.52. The predicted molar refractivity (Wildman–Crippen MR) is 68.1 cm³/mol. The number of aromatic carboxylic acids is 1. The summed E-state index contributed by atoms with van der Waals surface area (Å²) in [6.07, 6.45) is 0. The van der Waals surface area contributed by atoms with E-state index in [1.807, 2.05) is 0 Å². The fourth-order valence-electron chi connectivity index (χ4n) is 1.30. The number of aryl methyl sites for hydroxylation is 1. The zero-order valence-corrected chi connectivity index (χ0v) is 10.8. The number of aromatic nitrogens is 3. The average Bonchev–Trinajstić information content (AvgIpc) is 2.69. The Kier molecular flexibility index (Phi) is 3.44. The van der Waals surface area contributed by atoms with Crippen LogP contribution in [0.5, 0.6) is 0 Å². The Morgan fingerprint density at radius 3 is 2.78 bits per heavy atom. The second-order valence-corrected chi connectivity index (χ2v) is 4.87. The summed E-state index contributed by atoms with van der Waals surface area (Å²) in [7, 11) is 0. The van der Waals surface area contributed by atoms with Crippen LogP contribution in [-0.4, -0.2) is 26.3 Å².